The molecule has 0 radical (unpaired) electrons. The van der Waals surface area contributed by atoms with Crippen molar-refractivity contribution in [2.45, 2.75) is 97.6 Å². The molecule has 0 bridgehead atoms. The van der Waals surface area contributed by atoms with Gasteiger partial charge in [0.2, 0.25) is 17.7 Å². The highest BCUT2D eigenvalue weighted by atomic mass is 16.6. The molecular formula is C60H73N11O9. The molecule has 2 aromatic heterocycles. The van der Waals surface area contributed by atoms with Crippen LogP contribution in [0.3, 0.4) is 0 Å². The summed E-state index contributed by atoms with van der Waals surface area (Å²) in [6.07, 6.45) is 3.52. The molecule has 4 N–H and O–H groups in total. The average molecular weight is 1090 g/mol. The Kier molecular flexibility index (Phi) is 17.6. The van der Waals surface area contributed by atoms with E-state index in [1.54, 1.807) is 79.7 Å². The molecule has 0 aliphatic carbocycles. The van der Waals surface area contributed by atoms with E-state index in [1.165, 1.54) is 9.13 Å². The number of ether oxygens (including phenoxy) is 1. The Morgan fingerprint density at radius 2 is 1.48 bits per heavy atom. The van der Waals surface area contributed by atoms with Gasteiger partial charge >= 0.3 is 11.8 Å². The zero-order chi connectivity index (χ0) is 57.6. The van der Waals surface area contributed by atoms with Crippen molar-refractivity contribution in [3.63, 3.8) is 0 Å². The third kappa shape index (κ3) is 13.7. The summed E-state index contributed by atoms with van der Waals surface area (Å²) in [5.74, 6) is -1.29. The first-order valence-electron chi connectivity index (χ1n) is 27.2. The standard InChI is InChI=1S/C60H73N11O9/c1-38-44(16-13-17-45(38)64-53(74)40-19-23-42(24-20-40)59(2,3)4)46-36-66(8)56(77)52(63-46)62-43-25-21-41(22-26-43)55(76)70-34-32-69(33-35-70)50(73)37-68(31-29-61-57(78)80-60(5,6)7)30-11-10-14-39-15-12-18-47-51(39)67(9)58(79)71(47)48-27-28-49(72)65-54(48)75/h12-13,15-26,36,48H,10-11,14,27-35,37H2,1-9H3,(H,61,78)(H,62,63)(H,64,74)(H,65,72,75). The summed E-state index contributed by atoms with van der Waals surface area (Å²) in [7, 11) is 3.33. The molecule has 4 heterocycles. The molecule has 8 rings (SSSR count). The Morgan fingerprint density at radius 1 is 0.800 bits per heavy atom. The van der Waals surface area contributed by atoms with Crippen LogP contribution in [0.1, 0.15) is 111 Å². The number of imide groups is 1. The van der Waals surface area contributed by atoms with E-state index < -0.39 is 23.6 Å². The quantitative estimate of drug-likeness (QED) is 0.0545. The molecule has 6 amide bonds. The number of benzene rings is 4. The Morgan fingerprint density at radius 3 is 2.15 bits per heavy atom. The molecule has 20 heteroatoms. The van der Waals surface area contributed by atoms with Crippen LogP contribution in [-0.2, 0) is 45.1 Å². The van der Waals surface area contributed by atoms with E-state index in [9.17, 15) is 38.4 Å². The van der Waals surface area contributed by atoms with Crippen molar-refractivity contribution in [2.24, 2.45) is 14.1 Å². The number of aromatic nitrogens is 4. The molecule has 2 fully saturated rings. The number of imidazole rings is 1. The zero-order valence-corrected chi connectivity index (χ0v) is 47.2. The Hall–Kier alpha value is -8.39. The summed E-state index contributed by atoms with van der Waals surface area (Å²) < 4.78 is 9.90. The third-order valence-corrected chi connectivity index (χ3v) is 14.6. The first-order chi connectivity index (χ1) is 37.9. The van der Waals surface area contributed by atoms with Crippen LogP contribution in [0, 0.1) is 6.92 Å². The number of aryl methyl sites for hydroxylation is 3. The van der Waals surface area contributed by atoms with Crippen LogP contribution in [0.15, 0.2) is 101 Å². The highest BCUT2D eigenvalue weighted by Gasteiger charge is 2.32. The SMILES string of the molecule is Cc1c(NC(=O)c2ccc(C(C)(C)C)cc2)cccc1-c1cn(C)c(=O)c(Nc2ccc(C(=O)N3CCN(C(=O)CN(CCCCc4cccc5c4n(C)c(=O)n5C4CCC(=O)NC4=O)CCNC(=O)OC(C)(C)C)CC3)cc2)n1. The maximum absolute atomic E-state index is 13.9. The van der Waals surface area contributed by atoms with Gasteiger partial charge in [-0.1, -0.05) is 57.2 Å². The summed E-state index contributed by atoms with van der Waals surface area (Å²) in [5.41, 5.74) is 6.18. The monoisotopic (exact) mass is 1090 g/mol. The van der Waals surface area contributed by atoms with Crippen molar-refractivity contribution in [1.29, 1.82) is 0 Å². The molecule has 80 heavy (non-hydrogen) atoms. The fourth-order valence-corrected chi connectivity index (χ4v) is 10.1. The fourth-order valence-electron chi connectivity index (χ4n) is 10.1. The van der Waals surface area contributed by atoms with Gasteiger partial charge in [-0.15, -0.1) is 0 Å². The lowest BCUT2D eigenvalue weighted by molar-refractivity contribution is -0.136. The summed E-state index contributed by atoms with van der Waals surface area (Å²) in [5, 5.41) is 11.3. The number of para-hydroxylation sites is 1. The van der Waals surface area contributed by atoms with E-state index in [2.05, 4.69) is 42.0 Å². The number of piperidine rings is 1. The molecule has 2 aliphatic rings. The van der Waals surface area contributed by atoms with Crippen molar-refractivity contribution in [2.75, 3.05) is 63.0 Å². The highest BCUT2D eigenvalue weighted by Crippen LogP contribution is 2.30. The second-order valence-electron chi connectivity index (χ2n) is 22.7. The lowest BCUT2D eigenvalue weighted by atomic mass is 9.86. The number of hydrogen-bond donors (Lipinski definition) is 4. The zero-order valence-electron chi connectivity index (χ0n) is 47.2. The Labute approximate surface area is 465 Å². The van der Waals surface area contributed by atoms with Crippen LogP contribution in [0.4, 0.5) is 22.0 Å². The number of hydrogen-bond acceptors (Lipinski definition) is 12. The number of nitrogens with zero attached hydrogens (tertiary/aromatic N) is 7. The van der Waals surface area contributed by atoms with Gasteiger partial charge in [0.1, 0.15) is 11.6 Å². The predicted molar refractivity (Wildman–Crippen MR) is 307 cm³/mol. The van der Waals surface area contributed by atoms with Crippen molar-refractivity contribution in [1.82, 2.24) is 44.0 Å². The van der Waals surface area contributed by atoms with Gasteiger partial charge in [-0.2, -0.15) is 0 Å². The second kappa shape index (κ2) is 24.3. The molecule has 2 aliphatic heterocycles. The molecule has 2 saturated heterocycles. The van der Waals surface area contributed by atoms with E-state index in [1.807, 2.05) is 72.5 Å². The van der Waals surface area contributed by atoms with Gasteiger partial charge in [0.05, 0.1) is 23.3 Å². The van der Waals surface area contributed by atoms with Gasteiger partial charge < -0.3 is 35.1 Å². The van der Waals surface area contributed by atoms with E-state index in [0.717, 1.165) is 27.8 Å². The van der Waals surface area contributed by atoms with Gasteiger partial charge in [0.15, 0.2) is 5.82 Å². The minimum absolute atomic E-state index is 0.0412. The highest BCUT2D eigenvalue weighted by molar-refractivity contribution is 6.05. The van der Waals surface area contributed by atoms with Gasteiger partial charge in [-0.25, -0.2) is 14.6 Å². The number of piperazine rings is 1. The van der Waals surface area contributed by atoms with Crippen LogP contribution in [0.2, 0.25) is 0 Å². The van der Waals surface area contributed by atoms with E-state index >= 15 is 0 Å². The molecule has 6 aromatic rings. The van der Waals surface area contributed by atoms with Crippen molar-refractivity contribution < 1.29 is 33.5 Å². The summed E-state index contributed by atoms with van der Waals surface area (Å²) >= 11 is 0. The van der Waals surface area contributed by atoms with E-state index in [4.69, 9.17) is 9.72 Å². The second-order valence-corrected chi connectivity index (χ2v) is 22.7. The van der Waals surface area contributed by atoms with Crippen molar-refractivity contribution in [3.05, 3.63) is 140 Å². The van der Waals surface area contributed by atoms with Crippen LogP contribution in [0.5, 0.6) is 0 Å². The number of unbranched alkanes of at least 4 members (excludes halogenated alkanes) is 1. The van der Waals surface area contributed by atoms with Crippen LogP contribution in [0.25, 0.3) is 22.3 Å². The number of carbonyl (C=O) groups excluding carboxylic acids is 6. The topological polar surface area (TPSA) is 231 Å². The fraction of sp³-hybridized carbons (Fsp3) is 0.417. The van der Waals surface area contributed by atoms with Crippen LogP contribution < -0.4 is 32.5 Å². The normalized spacial score (nSPS) is 15.0. The molecule has 1 unspecified atom stereocenters. The predicted octanol–water partition coefficient (Wildman–Crippen LogP) is 6.81. The number of nitrogens with one attached hydrogen (secondary N) is 4. The lowest BCUT2D eigenvalue weighted by Crippen LogP contribution is -2.53. The maximum atomic E-state index is 13.9. The number of fused-ring (bicyclic) bond motifs is 1. The summed E-state index contributed by atoms with van der Waals surface area (Å²) in [4.78, 5) is 115. The number of rotatable bonds is 17. The Bertz CT molecular complexity index is 3430. The summed E-state index contributed by atoms with van der Waals surface area (Å²) in [6, 6.07) is 24.8. The molecule has 1 atom stereocenters. The minimum atomic E-state index is -0.784. The van der Waals surface area contributed by atoms with Crippen molar-refractivity contribution in [3.8, 4) is 11.3 Å². The van der Waals surface area contributed by atoms with Gasteiger partial charge in [0, 0.05) is 94.0 Å². The van der Waals surface area contributed by atoms with Gasteiger partial charge in [0.25, 0.3) is 17.4 Å². The van der Waals surface area contributed by atoms with Crippen LogP contribution >= 0.6 is 0 Å². The largest absolute Gasteiger partial charge is 0.444 e. The number of amides is 6. The van der Waals surface area contributed by atoms with Crippen LogP contribution in [-0.4, -0.2) is 127 Å². The molecule has 4 aromatic carbocycles. The molecule has 0 spiro atoms. The first-order valence-corrected chi connectivity index (χ1v) is 27.2. The van der Waals surface area contributed by atoms with E-state index in [-0.39, 0.29) is 72.0 Å². The third-order valence-electron chi connectivity index (χ3n) is 14.6. The Balaban J connectivity index is 0.859. The summed E-state index contributed by atoms with van der Waals surface area (Å²) in [6.45, 7) is 16.2. The molecule has 422 valence electrons. The molecule has 0 saturated carbocycles. The number of carbonyl (C=O) groups is 6. The van der Waals surface area contributed by atoms with Crippen molar-refractivity contribution >= 4 is 63.9 Å². The smallest absolute Gasteiger partial charge is 0.407 e. The van der Waals surface area contributed by atoms with E-state index in [0.29, 0.717) is 92.2 Å². The number of alkyl carbamates (subject to hydrolysis) is 1. The first kappa shape index (κ1) is 57.8. The maximum Gasteiger partial charge on any atom is 0.407 e. The lowest BCUT2D eigenvalue weighted by Gasteiger charge is -2.36. The van der Waals surface area contributed by atoms with Gasteiger partial charge in [-0.3, -0.25) is 48.1 Å². The molecule has 20 nitrogen and oxygen atoms in total. The number of anilines is 3. The van der Waals surface area contributed by atoms with Gasteiger partial charge in [-0.05, 0) is 131 Å². The minimum Gasteiger partial charge on any atom is -0.444 e. The average Bonchev–Trinajstić information content (AvgIpc) is 3.69. The molecular weight excluding hydrogens is 1020 g/mol.